The zero-order valence-electron chi connectivity index (χ0n) is 11.0. The Bertz CT molecular complexity index is 471. The predicted molar refractivity (Wildman–Crippen MR) is 70.2 cm³/mol. The third-order valence-corrected chi connectivity index (χ3v) is 4.44. The maximum atomic E-state index is 13.1. The van der Waals surface area contributed by atoms with Gasteiger partial charge in [-0.05, 0) is 43.7 Å². The summed E-state index contributed by atoms with van der Waals surface area (Å²) in [5, 5.41) is 0. The fraction of sp³-hybridized carbons (Fsp3) is 0.600. The van der Waals surface area contributed by atoms with Crippen molar-refractivity contribution >= 4 is 5.91 Å². The van der Waals surface area contributed by atoms with Gasteiger partial charge < -0.3 is 4.90 Å². The molecule has 0 bridgehead atoms. The Labute approximate surface area is 112 Å². The van der Waals surface area contributed by atoms with E-state index in [1.807, 2.05) is 4.90 Å². The van der Waals surface area contributed by atoms with Gasteiger partial charge in [0.05, 0.1) is 0 Å². The van der Waals surface area contributed by atoms with Crippen LogP contribution < -0.4 is 0 Å². The van der Waals surface area contributed by atoms with Crippen LogP contribution in [0.5, 0.6) is 0 Å². The number of carbonyl (C=O) groups is 1. The van der Waals surface area contributed by atoms with E-state index in [0.717, 1.165) is 19.4 Å². The molecule has 4 heteroatoms. The highest BCUT2D eigenvalue weighted by atomic mass is 19.1. The Hall–Kier alpha value is -1.45. The second-order valence-corrected chi connectivity index (χ2v) is 5.60. The number of hydrogen-bond acceptors (Lipinski definition) is 2. The highest BCUT2D eigenvalue weighted by Crippen LogP contribution is 2.35. The van der Waals surface area contributed by atoms with Gasteiger partial charge in [-0.25, -0.2) is 4.98 Å². The Morgan fingerprint density at radius 1 is 1.21 bits per heavy atom. The van der Waals surface area contributed by atoms with Crippen LogP contribution in [0.1, 0.15) is 49.0 Å². The van der Waals surface area contributed by atoms with Gasteiger partial charge in [-0.1, -0.05) is 18.9 Å². The molecule has 0 radical (unpaired) electrons. The lowest BCUT2D eigenvalue weighted by molar-refractivity contribution is 0.0682. The first-order valence-electron chi connectivity index (χ1n) is 7.19. The van der Waals surface area contributed by atoms with Crippen molar-refractivity contribution < 1.29 is 9.18 Å². The number of halogens is 1. The summed E-state index contributed by atoms with van der Waals surface area (Å²) in [6.07, 6.45) is 7.16. The molecule has 1 saturated carbocycles. The Balaban J connectivity index is 1.78. The first-order valence-corrected chi connectivity index (χ1v) is 7.19. The van der Waals surface area contributed by atoms with Crippen LogP contribution in [0.15, 0.2) is 18.2 Å². The standard InChI is InChI=1S/C15H19FN2O/c16-14-9-3-7-12(17-14)15(19)18-10-4-8-13(18)11-5-1-2-6-11/h3,7,9,11,13H,1-2,4-6,8,10H2. The summed E-state index contributed by atoms with van der Waals surface area (Å²) in [6, 6.07) is 4.78. The monoisotopic (exact) mass is 262 g/mol. The first kappa shape index (κ1) is 12.6. The van der Waals surface area contributed by atoms with Gasteiger partial charge in [0.25, 0.3) is 5.91 Å². The van der Waals surface area contributed by atoms with Crippen LogP contribution in [0.25, 0.3) is 0 Å². The van der Waals surface area contributed by atoms with Crippen molar-refractivity contribution in [2.24, 2.45) is 5.92 Å². The Morgan fingerprint density at radius 2 is 2.00 bits per heavy atom. The molecule has 1 amide bonds. The fourth-order valence-electron chi connectivity index (χ4n) is 3.55. The van der Waals surface area contributed by atoms with E-state index in [1.165, 1.54) is 31.7 Å². The summed E-state index contributed by atoms with van der Waals surface area (Å²) < 4.78 is 13.1. The van der Waals surface area contributed by atoms with Gasteiger partial charge >= 0.3 is 0 Å². The number of nitrogens with zero attached hydrogens (tertiary/aromatic N) is 2. The van der Waals surface area contributed by atoms with Crippen molar-refractivity contribution in [2.75, 3.05) is 6.54 Å². The lowest BCUT2D eigenvalue weighted by atomic mass is 9.96. The van der Waals surface area contributed by atoms with Crippen LogP contribution in [0.3, 0.4) is 0 Å². The Morgan fingerprint density at radius 3 is 2.74 bits per heavy atom. The minimum absolute atomic E-state index is 0.103. The molecule has 1 aromatic rings. The zero-order chi connectivity index (χ0) is 13.2. The average molecular weight is 262 g/mol. The van der Waals surface area contributed by atoms with Crippen molar-refractivity contribution in [1.82, 2.24) is 9.88 Å². The van der Waals surface area contributed by atoms with E-state index in [-0.39, 0.29) is 11.6 Å². The zero-order valence-corrected chi connectivity index (χ0v) is 11.0. The van der Waals surface area contributed by atoms with E-state index < -0.39 is 5.95 Å². The fourth-order valence-corrected chi connectivity index (χ4v) is 3.55. The van der Waals surface area contributed by atoms with E-state index in [2.05, 4.69) is 4.98 Å². The molecule has 1 saturated heterocycles. The van der Waals surface area contributed by atoms with Gasteiger partial charge in [0.2, 0.25) is 5.95 Å². The minimum Gasteiger partial charge on any atom is -0.334 e. The SMILES string of the molecule is O=C(c1cccc(F)n1)N1CCCC1C1CCCC1. The molecular weight excluding hydrogens is 243 g/mol. The van der Waals surface area contributed by atoms with Crippen LogP contribution in [0.2, 0.25) is 0 Å². The van der Waals surface area contributed by atoms with Crippen molar-refractivity contribution in [2.45, 2.75) is 44.6 Å². The summed E-state index contributed by atoms with van der Waals surface area (Å²) >= 11 is 0. The Kier molecular flexibility index (Phi) is 3.49. The number of carbonyl (C=O) groups excluding carboxylic acids is 1. The molecule has 0 spiro atoms. The van der Waals surface area contributed by atoms with Crippen LogP contribution >= 0.6 is 0 Å². The lowest BCUT2D eigenvalue weighted by Gasteiger charge is -2.29. The summed E-state index contributed by atoms with van der Waals surface area (Å²) in [5.74, 6) is -0.0450. The maximum absolute atomic E-state index is 13.1. The van der Waals surface area contributed by atoms with Crippen LogP contribution in [-0.4, -0.2) is 28.4 Å². The number of hydrogen-bond donors (Lipinski definition) is 0. The summed E-state index contributed by atoms with van der Waals surface area (Å²) in [6.45, 7) is 0.790. The van der Waals surface area contributed by atoms with Gasteiger partial charge in [-0.2, -0.15) is 4.39 Å². The molecule has 1 atom stereocenters. The van der Waals surface area contributed by atoms with E-state index in [0.29, 0.717) is 12.0 Å². The molecule has 2 aliphatic rings. The third kappa shape index (κ3) is 2.48. The van der Waals surface area contributed by atoms with Gasteiger partial charge in [-0.3, -0.25) is 4.79 Å². The third-order valence-electron chi connectivity index (χ3n) is 4.44. The molecule has 0 N–H and O–H groups in total. The van der Waals surface area contributed by atoms with Gasteiger partial charge in [0, 0.05) is 12.6 Å². The molecule has 1 aliphatic heterocycles. The van der Waals surface area contributed by atoms with Crippen molar-refractivity contribution in [3.05, 3.63) is 29.8 Å². The smallest absolute Gasteiger partial charge is 0.272 e. The number of aromatic nitrogens is 1. The van der Waals surface area contributed by atoms with E-state index in [9.17, 15) is 9.18 Å². The average Bonchev–Trinajstić information content (AvgIpc) is 3.08. The normalized spacial score (nSPS) is 24.1. The van der Waals surface area contributed by atoms with Crippen LogP contribution in [0, 0.1) is 11.9 Å². The second-order valence-electron chi connectivity index (χ2n) is 5.60. The highest BCUT2D eigenvalue weighted by Gasteiger charge is 2.36. The molecule has 19 heavy (non-hydrogen) atoms. The second kappa shape index (κ2) is 5.27. The van der Waals surface area contributed by atoms with Crippen molar-refractivity contribution in [3.63, 3.8) is 0 Å². The van der Waals surface area contributed by atoms with Crippen molar-refractivity contribution in [3.8, 4) is 0 Å². The number of rotatable bonds is 2. The minimum atomic E-state index is -0.581. The van der Waals surface area contributed by atoms with Gasteiger partial charge in [0.15, 0.2) is 0 Å². The molecule has 102 valence electrons. The van der Waals surface area contributed by atoms with Gasteiger partial charge in [0.1, 0.15) is 5.69 Å². The molecule has 1 aliphatic carbocycles. The largest absolute Gasteiger partial charge is 0.334 e. The summed E-state index contributed by atoms with van der Waals surface area (Å²) in [4.78, 5) is 18.1. The first-order chi connectivity index (χ1) is 9.25. The molecule has 2 fully saturated rings. The molecule has 2 heterocycles. The van der Waals surface area contributed by atoms with Crippen molar-refractivity contribution in [1.29, 1.82) is 0 Å². The molecule has 1 unspecified atom stereocenters. The summed E-state index contributed by atoms with van der Waals surface area (Å²) in [7, 11) is 0. The molecule has 3 rings (SSSR count). The lowest BCUT2D eigenvalue weighted by Crippen LogP contribution is -2.39. The number of amides is 1. The molecular formula is C15H19FN2O. The number of likely N-dealkylation sites (tertiary alicyclic amines) is 1. The summed E-state index contributed by atoms with van der Waals surface area (Å²) in [5.41, 5.74) is 0.241. The molecule has 3 nitrogen and oxygen atoms in total. The highest BCUT2D eigenvalue weighted by molar-refractivity contribution is 5.92. The quantitative estimate of drug-likeness (QED) is 0.768. The van der Waals surface area contributed by atoms with Crippen LogP contribution in [-0.2, 0) is 0 Å². The predicted octanol–water partition coefficient (Wildman–Crippen LogP) is 3.02. The molecule has 1 aromatic heterocycles. The van der Waals surface area contributed by atoms with Gasteiger partial charge in [-0.15, -0.1) is 0 Å². The van der Waals surface area contributed by atoms with E-state index >= 15 is 0 Å². The maximum Gasteiger partial charge on any atom is 0.272 e. The topological polar surface area (TPSA) is 33.2 Å². The van der Waals surface area contributed by atoms with E-state index in [4.69, 9.17) is 0 Å². The van der Waals surface area contributed by atoms with Crippen LogP contribution in [0.4, 0.5) is 4.39 Å². The van der Waals surface area contributed by atoms with E-state index in [1.54, 1.807) is 12.1 Å². The number of pyridine rings is 1. The molecule has 0 aromatic carbocycles.